The monoisotopic (exact) mass is 425 g/mol. The highest BCUT2D eigenvalue weighted by Gasteiger charge is 2.12. The Kier molecular flexibility index (Phi) is 6.60. The fraction of sp³-hybridized carbons (Fsp3) is 0.150. The first-order chi connectivity index (χ1) is 13.9. The predicted octanol–water partition coefficient (Wildman–Crippen LogP) is 4.61. The van der Waals surface area contributed by atoms with Crippen molar-refractivity contribution in [1.82, 2.24) is 19.9 Å². The number of aliphatic imine (C=N–C) groups is 1. The van der Waals surface area contributed by atoms with Gasteiger partial charge in [0.2, 0.25) is 5.95 Å². The topological polar surface area (TPSA) is 90.1 Å². The molecule has 1 aromatic heterocycles. The second-order valence-corrected chi connectivity index (χ2v) is 7.09. The van der Waals surface area contributed by atoms with Gasteiger partial charge in [-0.3, -0.25) is 0 Å². The molecule has 0 aliphatic rings. The normalized spacial score (nSPS) is 10.7. The van der Waals surface area contributed by atoms with Crippen LogP contribution in [0.3, 0.4) is 0 Å². The molecule has 0 aliphatic heterocycles. The van der Waals surface area contributed by atoms with Gasteiger partial charge in [0.05, 0.1) is 18.0 Å². The maximum absolute atomic E-state index is 8.94. The lowest BCUT2D eigenvalue weighted by atomic mass is 10.1. The van der Waals surface area contributed by atoms with Crippen molar-refractivity contribution in [3.05, 3.63) is 69.5 Å². The Balaban J connectivity index is 1.95. The van der Waals surface area contributed by atoms with Crippen molar-refractivity contribution in [2.45, 2.75) is 6.42 Å². The molecule has 0 radical (unpaired) electrons. The van der Waals surface area contributed by atoms with Crippen molar-refractivity contribution in [3.63, 3.8) is 0 Å². The molecule has 0 aliphatic carbocycles. The van der Waals surface area contributed by atoms with Crippen LogP contribution in [0.1, 0.15) is 17.0 Å². The van der Waals surface area contributed by atoms with Crippen LogP contribution in [0.15, 0.2) is 47.5 Å². The first kappa shape index (κ1) is 20.5. The fourth-order valence-corrected chi connectivity index (χ4v) is 2.91. The molecule has 7 nitrogen and oxygen atoms in total. The Morgan fingerprint density at radius 3 is 2.38 bits per heavy atom. The van der Waals surface area contributed by atoms with Gasteiger partial charge in [0.1, 0.15) is 5.82 Å². The highest BCUT2D eigenvalue weighted by Crippen LogP contribution is 2.27. The van der Waals surface area contributed by atoms with Crippen LogP contribution >= 0.6 is 23.2 Å². The SMILES string of the molecule is CN(C)/C=N\c1nc(Cc2c(Cl)cccc2Cl)nc(Nc2ccc(C#N)cc2)n1. The summed E-state index contributed by atoms with van der Waals surface area (Å²) in [7, 11) is 3.70. The zero-order valence-electron chi connectivity index (χ0n) is 15.8. The number of nitriles is 1. The predicted molar refractivity (Wildman–Crippen MR) is 115 cm³/mol. The number of hydrogen-bond acceptors (Lipinski definition) is 6. The van der Waals surface area contributed by atoms with E-state index in [4.69, 9.17) is 28.5 Å². The van der Waals surface area contributed by atoms with E-state index in [1.165, 1.54) is 0 Å². The van der Waals surface area contributed by atoms with Crippen molar-refractivity contribution in [2.75, 3.05) is 19.4 Å². The molecule has 29 heavy (non-hydrogen) atoms. The summed E-state index contributed by atoms with van der Waals surface area (Å²) in [6, 6.07) is 14.4. The third kappa shape index (κ3) is 5.64. The Hall–Kier alpha value is -3.21. The molecule has 0 saturated heterocycles. The van der Waals surface area contributed by atoms with E-state index in [-0.39, 0.29) is 5.95 Å². The Labute approximate surface area is 178 Å². The summed E-state index contributed by atoms with van der Waals surface area (Å²) in [4.78, 5) is 19.3. The van der Waals surface area contributed by atoms with Gasteiger partial charge in [-0.05, 0) is 42.0 Å². The number of nitrogens with one attached hydrogen (secondary N) is 1. The number of aromatic nitrogens is 3. The molecule has 3 aromatic rings. The van der Waals surface area contributed by atoms with Crippen molar-refractivity contribution in [3.8, 4) is 6.07 Å². The minimum absolute atomic E-state index is 0.253. The number of rotatable bonds is 6. The van der Waals surface area contributed by atoms with Gasteiger partial charge in [-0.15, -0.1) is 0 Å². The molecular formula is C20H17Cl2N7. The van der Waals surface area contributed by atoms with Crippen molar-refractivity contribution in [1.29, 1.82) is 5.26 Å². The summed E-state index contributed by atoms with van der Waals surface area (Å²) in [6.45, 7) is 0. The molecule has 0 saturated carbocycles. The van der Waals surface area contributed by atoms with E-state index in [2.05, 4.69) is 31.3 Å². The van der Waals surface area contributed by atoms with E-state index in [0.717, 1.165) is 11.3 Å². The number of hydrogen-bond donors (Lipinski definition) is 1. The summed E-state index contributed by atoms with van der Waals surface area (Å²) in [5.41, 5.74) is 2.03. The quantitative estimate of drug-likeness (QED) is 0.458. The number of anilines is 2. The molecule has 0 amide bonds. The standard InChI is InChI=1S/C20H17Cl2N7/c1-29(2)12-24-19-26-18(10-15-16(21)4-3-5-17(15)22)27-20(28-19)25-14-8-6-13(11-23)7-9-14/h3-9,12H,10H2,1-2H3,(H,25,26,27,28)/b24-12-. The number of benzene rings is 2. The van der Waals surface area contributed by atoms with Gasteiger partial charge in [-0.25, -0.2) is 4.99 Å². The number of halogens is 2. The Morgan fingerprint density at radius 1 is 1.07 bits per heavy atom. The van der Waals surface area contributed by atoms with E-state index in [1.807, 2.05) is 14.1 Å². The van der Waals surface area contributed by atoms with Gasteiger partial charge in [-0.1, -0.05) is 29.3 Å². The summed E-state index contributed by atoms with van der Waals surface area (Å²) < 4.78 is 0. The third-order valence-corrected chi connectivity index (χ3v) is 4.45. The van der Waals surface area contributed by atoms with Crippen LogP contribution in [0.4, 0.5) is 17.6 Å². The van der Waals surface area contributed by atoms with Crippen molar-refractivity contribution >= 4 is 47.1 Å². The van der Waals surface area contributed by atoms with Crippen LogP contribution in [-0.4, -0.2) is 40.3 Å². The van der Waals surface area contributed by atoms with E-state index < -0.39 is 0 Å². The maximum atomic E-state index is 8.94. The molecule has 1 heterocycles. The van der Waals surface area contributed by atoms with E-state index in [1.54, 1.807) is 53.7 Å². The van der Waals surface area contributed by atoms with Gasteiger partial charge < -0.3 is 10.2 Å². The molecule has 146 valence electrons. The molecule has 3 rings (SSSR count). The first-order valence-corrected chi connectivity index (χ1v) is 9.36. The van der Waals surface area contributed by atoms with Gasteiger partial charge in [0.15, 0.2) is 0 Å². The largest absolute Gasteiger partial charge is 0.369 e. The lowest BCUT2D eigenvalue weighted by molar-refractivity contribution is 0.642. The fourth-order valence-electron chi connectivity index (χ4n) is 2.38. The van der Waals surface area contributed by atoms with Crippen LogP contribution in [-0.2, 0) is 6.42 Å². The molecule has 1 N–H and O–H groups in total. The van der Waals surface area contributed by atoms with Gasteiger partial charge in [-0.2, -0.15) is 20.2 Å². The van der Waals surface area contributed by atoms with Crippen LogP contribution in [0, 0.1) is 11.3 Å². The van der Waals surface area contributed by atoms with Crippen LogP contribution in [0.25, 0.3) is 0 Å². The summed E-state index contributed by atoms with van der Waals surface area (Å²) in [5, 5.41) is 13.1. The summed E-state index contributed by atoms with van der Waals surface area (Å²) >= 11 is 12.6. The first-order valence-electron chi connectivity index (χ1n) is 8.60. The van der Waals surface area contributed by atoms with Crippen molar-refractivity contribution < 1.29 is 0 Å². The zero-order chi connectivity index (χ0) is 20.8. The molecular weight excluding hydrogens is 409 g/mol. The van der Waals surface area contributed by atoms with Gasteiger partial charge in [0.25, 0.3) is 5.95 Å². The molecule has 0 atom stereocenters. The van der Waals surface area contributed by atoms with Crippen LogP contribution in [0.5, 0.6) is 0 Å². The number of nitrogens with zero attached hydrogens (tertiary/aromatic N) is 6. The van der Waals surface area contributed by atoms with E-state index in [0.29, 0.717) is 33.8 Å². The molecule has 0 unspecified atom stereocenters. The molecule has 0 spiro atoms. The molecule has 9 heteroatoms. The zero-order valence-corrected chi connectivity index (χ0v) is 17.3. The van der Waals surface area contributed by atoms with Crippen LogP contribution < -0.4 is 5.32 Å². The Bertz CT molecular complexity index is 1050. The second-order valence-electron chi connectivity index (χ2n) is 6.27. The summed E-state index contributed by atoms with van der Waals surface area (Å²) in [6.07, 6.45) is 1.93. The maximum Gasteiger partial charge on any atom is 0.255 e. The third-order valence-electron chi connectivity index (χ3n) is 3.74. The highest BCUT2D eigenvalue weighted by molar-refractivity contribution is 6.36. The minimum Gasteiger partial charge on any atom is -0.369 e. The average Bonchev–Trinajstić information content (AvgIpc) is 2.70. The summed E-state index contributed by atoms with van der Waals surface area (Å²) in [5.74, 6) is 1.05. The second kappa shape index (κ2) is 9.32. The molecule has 0 fully saturated rings. The minimum atomic E-state index is 0.253. The smallest absolute Gasteiger partial charge is 0.255 e. The molecule has 2 aromatic carbocycles. The van der Waals surface area contributed by atoms with Crippen LogP contribution in [0.2, 0.25) is 10.0 Å². The van der Waals surface area contributed by atoms with E-state index >= 15 is 0 Å². The highest BCUT2D eigenvalue weighted by atomic mass is 35.5. The lowest BCUT2D eigenvalue weighted by Crippen LogP contribution is -2.08. The Morgan fingerprint density at radius 2 is 1.76 bits per heavy atom. The average molecular weight is 426 g/mol. The molecule has 0 bridgehead atoms. The lowest BCUT2D eigenvalue weighted by Gasteiger charge is -2.10. The van der Waals surface area contributed by atoms with Gasteiger partial charge >= 0.3 is 0 Å². The van der Waals surface area contributed by atoms with Crippen molar-refractivity contribution in [2.24, 2.45) is 4.99 Å². The van der Waals surface area contributed by atoms with Gasteiger partial charge in [0, 0.05) is 36.2 Å². The van der Waals surface area contributed by atoms with E-state index in [9.17, 15) is 0 Å².